The molecular formula is C15H19BrFNO. The van der Waals surface area contributed by atoms with Gasteiger partial charge in [-0.25, -0.2) is 4.39 Å². The van der Waals surface area contributed by atoms with Gasteiger partial charge in [0.2, 0.25) is 0 Å². The number of nitrogens with one attached hydrogen (secondary N) is 1. The van der Waals surface area contributed by atoms with Crippen LogP contribution < -0.4 is 5.32 Å². The van der Waals surface area contributed by atoms with Crippen LogP contribution in [0.1, 0.15) is 48.9 Å². The van der Waals surface area contributed by atoms with Crippen LogP contribution in [0, 0.1) is 11.7 Å². The summed E-state index contributed by atoms with van der Waals surface area (Å²) in [6.45, 7) is 0.682. The maximum Gasteiger partial charge on any atom is 0.251 e. The van der Waals surface area contributed by atoms with Gasteiger partial charge >= 0.3 is 0 Å². The zero-order chi connectivity index (χ0) is 13.7. The third-order valence-corrected chi connectivity index (χ3v) is 4.39. The standard InChI is InChI=1S/C15H19BrFNO/c16-13-7-6-12(10-14(13)17)15(19)18-9-8-11-4-2-1-3-5-11/h6-7,10-11H,1-5,8-9H2,(H,18,19). The Morgan fingerprint density at radius 1 is 1.32 bits per heavy atom. The topological polar surface area (TPSA) is 29.1 Å². The Labute approximate surface area is 121 Å². The minimum atomic E-state index is -0.403. The number of amides is 1. The van der Waals surface area contributed by atoms with Crippen LogP contribution in [0.15, 0.2) is 22.7 Å². The third kappa shape index (κ3) is 4.30. The van der Waals surface area contributed by atoms with E-state index < -0.39 is 5.82 Å². The van der Waals surface area contributed by atoms with Gasteiger partial charge < -0.3 is 5.32 Å². The first-order valence-electron chi connectivity index (χ1n) is 6.90. The molecule has 0 bridgehead atoms. The first-order valence-corrected chi connectivity index (χ1v) is 7.69. The van der Waals surface area contributed by atoms with Crippen LogP contribution in [0.5, 0.6) is 0 Å². The van der Waals surface area contributed by atoms with E-state index in [0.717, 1.165) is 12.3 Å². The molecule has 2 nitrogen and oxygen atoms in total. The summed E-state index contributed by atoms with van der Waals surface area (Å²) in [5.74, 6) is 0.151. The molecule has 0 aliphatic heterocycles. The van der Waals surface area contributed by atoms with Crippen molar-refractivity contribution in [3.8, 4) is 0 Å². The smallest absolute Gasteiger partial charge is 0.251 e. The van der Waals surface area contributed by atoms with Crippen molar-refractivity contribution < 1.29 is 9.18 Å². The zero-order valence-corrected chi connectivity index (χ0v) is 12.5. The third-order valence-electron chi connectivity index (χ3n) is 3.74. The van der Waals surface area contributed by atoms with Crippen molar-refractivity contribution >= 4 is 21.8 Å². The summed E-state index contributed by atoms with van der Waals surface area (Å²) >= 11 is 3.08. The lowest BCUT2D eigenvalue weighted by atomic mass is 9.87. The number of hydrogen-bond donors (Lipinski definition) is 1. The Bertz CT molecular complexity index is 444. The highest BCUT2D eigenvalue weighted by Crippen LogP contribution is 2.25. The maximum absolute atomic E-state index is 13.3. The number of rotatable bonds is 4. The fraction of sp³-hybridized carbons (Fsp3) is 0.533. The molecule has 4 heteroatoms. The molecule has 0 spiro atoms. The van der Waals surface area contributed by atoms with Crippen molar-refractivity contribution in [2.45, 2.75) is 38.5 Å². The first-order chi connectivity index (χ1) is 9.16. The van der Waals surface area contributed by atoms with Gasteiger partial charge in [0.1, 0.15) is 5.82 Å². The van der Waals surface area contributed by atoms with Crippen LogP contribution in [-0.4, -0.2) is 12.5 Å². The number of carbonyl (C=O) groups is 1. The predicted molar refractivity (Wildman–Crippen MR) is 77.6 cm³/mol. The summed E-state index contributed by atoms with van der Waals surface area (Å²) in [7, 11) is 0. The summed E-state index contributed by atoms with van der Waals surface area (Å²) in [6.07, 6.45) is 7.57. The van der Waals surface area contributed by atoms with Gasteiger partial charge in [0.05, 0.1) is 4.47 Å². The summed E-state index contributed by atoms with van der Waals surface area (Å²) < 4.78 is 13.7. The molecule has 1 aromatic rings. The van der Waals surface area contributed by atoms with Gasteiger partial charge in [0.15, 0.2) is 0 Å². The number of halogens is 2. The van der Waals surface area contributed by atoms with E-state index in [1.807, 2.05) is 0 Å². The lowest BCUT2D eigenvalue weighted by Gasteiger charge is -2.21. The van der Waals surface area contributed by atoms with Crippen LogP contribution in [0.25, 0.3) is 0 Å². The Morgan fingerprint density at radius 3 is 2.74 bits per heavy atom. The average molecular weight is 328 g/mol. The normalized spacial score (nSPS) is 16.3. The molecule has 0 unspecified atom stereocenters. The van der Waals surface area contributed by atoms with E-state index >= 15 is 0 Å². The van der Waals surface area contributed by atoms with Crippen molar-refractivity contribution in [2.75, 3.05) is 6.54 Å². The molecule has 0 atom stereocenters. The van der Waals surface area contributed by atoms with Gasteiger partial charge in [0.25, 0.3) is 5.91 Å². The molecule has 1 aliphatic carbocycles. The van der Waals surface area contributed by atoms with E-state index in [4.69, 9.17) is 0 Å². The molecule has 1 aromatic carbocycles. The molecule has 104 valence electrons. The van der Waals surface area contributed by atoms with E-state index in [1.54, 1.807) is 12.1 Å². The van der Waals surface area contributed by atoms with Gasteiger partial charge in [-0.1, -0.05) is 32.1 Å². The fourth-order valence-electron chi connectivity index (χ4n) is 2.61. The van der Waals surface area contributed by atoms with E-state index in [-0.39, 0.29) is 5.91 Å². The van der Waals surface area contributed by atoms with Crippen LogP contribution in [0.2, 0.25) is 0 Å². The lowest BCUT2D eigenvalue weighted by molar-refractivity contribution is 0.0950. The van der Waals surface area contributed by atoms with Crippen LogP contribution in [-0.2, 0) is 0 Å². The monoisotopic (exact) mass is 327 g/mol. The highest BCUT2D eigenvalue weighted by atomic mass is 79.9. The molecule has 0 radical (unpaired) electrons. The molecular weight excluding hydrogens is 309 g/mol. The SMILES string of the molecule is O=C(NCCC1CCCCC1)c1ccc(Br)c(F)c1. The zero-order valence-electron chi connectivity index (χ0n) is 10.9. The van der Waals surface area contributed by atoms with Crippen LogP contribution in [0.4, 0.5) is 4.39 Å². The first kappa shape index (κ1) is 14.5. The minimum Gasteiger partial charge on any atom is -0.352 e. The van der Waals surface area contributed by atoms with E-state index in [2.05, 4.69) is 21.2 Å². The largest absolute Gasteiger partial charge is 0.352 e. The molecule has 1 fully saturated rings. The fourth-order valence-corrected chi connectivity index (χ4v) is 2.85. The predicted octanol–water partition coefficient (Wildman–Crippen LogP) is 4.29. The Kier molecular flexibility index (Phi) is 5.37. The molecule has 1 aliphatic rings. The second-order valence-corrected chi connectivity index (χ2v) is 6.03. The van der Waals surface area contributed by atoms with Crippen LogP contribution in [0.3, 0.4) is 0 Å². The summed E-state index contributed by atoms with van der Waals surface area (Å²) in [5.41, 5.74) is 0.379. The summed E-state index contributed by atoms with van der Waals surface area (Å²) in [5, 5.41) is 2.87. The molecule has 1 N–H and O–H groups in total. The van der Waals surface area contributed by atoms with Gasteiger partial charge in [-0.15, -0.1) is 0 Å². The van der Waals surface area contributed by atoms with Crippen molar-refractivity contribution in [1.29, 1.82) is 0 Å². The van der Waals surface area contributed by atoms with E-state index in [9.17, 15) is 9.18 Å². The quantitative estimate of drug-likeness (QED) is 0.878. The molecule has 0 aromatic heterocycles. The summed E-state index contributed by atoms with van der Waals surface area (Å²) in [4.78, 5) is 11.9. The van der Waals surface area contributed by atoms with Crippen molar-refractivity contribution in [2.24, 2.45) is 5.92 Å². The number of hydrogen-bond acceptors (Lipinski definition) is 1. The number of benzene rings is 1. The Hall–Kier alpha value is -0.900. The summed E-state index contributed by atoms with van der Waals surface area (Å²) in [6, 6.07) is 4.45. The van der Waals surface area contributed by atoms with Gasteiger partial charge in [-0.05, 0) is 46.5 Å². The van der Waals surface area contributed by atoms with E-state index in [1.165, 1.54) is 38.2 Å². The molecule has 19 heavy (non-hydrogen) atoms. The minimum absolute atomic E-state index is 0.192. The van der Waals surface area contributed by atoms with Crippen molar-refractivity contribution in [1.82, 2.24) is 5.32 Å². The molecule has 0 heterocycles. The van der Waals surface area contributed by atoms with Crippen molar-refractivity contribution in [3.63, 3.8) is 0 Å². The Balaban J connectivity index is 1.78. The second kappa shape index (κ2) is 7.04. The van der Waals surface area contributed by atoms with Crippen molar-refractivity contribution in [3.05, 3.63) is 34.1 Å². The molecule has 0 saturated heterocycles. The highest BCUT2D eigenvalue weighted by molar-refractivity contribution is 9.10. The molecule has 1 amide bonds. The van der Waals surface area contributed by atoms with Crippen LogP contribution >= 0.6 is 15.9 Å². The lowest BCUT2D eigenvalue weighted by Crippen LogP contribution is -2.26. The van der Waals surface area contributed by atoms with Gasteiger partial charge in [0, 0.05) is 12.1 Å². The van der Waals surface area contributed by atoms with Gasteiger partial charge in [-0.3, -0.25) is 4.79 Å². The number of carbonyl (C=O) groups excluding carboxylic acids is 1. The average Bonchev–Trinajstić information content (AvgIpc) is 2.43. The highest BCUT2D eigenvalue weighted by Gasteiger charge is 2.14. The Morgan fingerprint density at radius 2 is 2.05 bits per heavy atom. The van der Waals surface area contributed by atoms with Gasteiger partial charge in [-0.2, -0.15) is 0 Å². The molecule has 2 rings (SSSR count). The molecule has 1 saturated carbocycles. The second-order valence-electron chi connectivity index (χ2n) is 5.18. The maximum atomic E-state index is 13.3. The van der Waals surface area contributed by atoms with E-state index in [0.29, 0.717) is 16.6 Å².